The number of rotatable bonds is 35. The zero-order valence-electron chi connectivity index (χ0n) is 35.6. The fourth-order valence-electron chi connectivity index (χ4n) is 6.59. The third kappa shape index (κ3) is 25.3. The number of unbranched alkanes of at least 4 members (excludes halogenated alkanes) is 14. The lowest BCUT2D eigenvalue weighted by Crippen LogP contribution is -2.37. The molecule has 11 nitrogen and oxygen atoms in total. The van der Waals surface area contributed by atoms with Gasteiger partial charge in [-0.15, -0.1) is 0 Å². The topological polar surface area (TPSA) is 138 Å². The maximum absolute atomic E-state index is 12.9. The molecule has 1 unspecified atom stereocenters. The Morgan fingerprint density at radius 3 is 2.05 bits per heavy atom. The second-order valence-corrected chi connectivity index (χ2v) is 18.0. The van der Waals surface area contributed by atoms with Crippen molar-refractivity contribution in [2.45, 2.75) is 173 Å². The summed E-state index contributed by atoms with van der Waals surface area (Å²) in [6.07, 6.45) is 31.1. The molecule has 0 amide bonds. The van der Waals surface area contributed by atoms with Gasteiger partial charge in [0.2, 0.25) is 0 Å². The molecule has 1 N–H and O–H groups in total. The minimum Gasteiger partial charge on any atom is -0.462 e. The fourth-order valence-corrected chi connectivity index (χ4v) is 7.33. The van der Waals surface area contributed by atoms with Gasteiger partial charge >= 0.3 is 19.8 Å². The number of allylic oxidation sites excluding steroid dienone is 5. The number of quaternary nitrogens is 1. The molecule has 0 bridgehead atoms. The Morgan fingerprint density at radius 1 is 0.804 bits per heavy atom. The molecule has 0 radical (unpaired) electrons. The molecule has 1 aliphatic heterocycles. The first kappa shape index (κ1) is 50.0. The van der Waals surface area contributed by atoms with Crippen LogP contribution >= 0.6 is 7.82 Å². The van der Waals surface area contributed by atoms with Crippen molar-refractivity contribution in [2.75, 3.05) is 47.5 Å². The van der Waals surface area contributed by atoms with Crippen LogP contribution in [0.15, 0.2) is 36.0 Å². The summed E-state index contributed by atoms with van der Waals surface area (Å²) in [5, 5.41) is 0. The van der Waals surface area contributed by atoms with Crippen LogP contribution in [0.1, 0.15) is 155 Å². The van der Waals surface area contributed by atoms with Crippen molar-refractivity contribution in [1.82, 2.24) is 0 Å². The normalized spacial score (nSPS) is 20.5. The highest BCUT2D eigenvalue weighted by molar-refractivity contribution is 7.47. The Morgan fingerprint density at radius 2 is 1.41 bits per heavy atom. The highest BCUT2D eigenvalue weighted by Gasteiger charge is 2.38. The molecule has 1 aliphatic carbocycles. The Balaban J connectivity index is 1.74. The molecule has 0 aromatic rings. The van der Waals surface area contributed by atoms with Crippen LogP contribution in [-0.4, -0.2) is 92.9 Å². The molecule has 56 heavy (non-hydrogen) atoms. The molecule has 2 aliphatic rings. The van der Waals surface area contributed by atoms with Gasteiger partial charge in [0.05, 0.1) is 33.9 Å². The third-order valence-electron chi connectivity index (χ3n) is 10.2. The Labute approximate surface area is 339 Å². The molecule has 0 aromatic heterocycles. The Hall–Kier alpha value is -2.14. The minimum atomic E-state index is -4.43. The standard InChI is InChI=1S/C44H76NO10P/c1-6-8-10-12-14-15-16-17-18-19-20-22-24-28-43(47)51-35-38(36-53-56(49,50)52-33-32-45(3,4)5)54-44(48)29-25-27-41-42(55-41)34-39-37(30-31-40(39)46)26-23-21-13-11-9-7-2/h13,21,30-31,34,37-38,41-42H,6-12,14-20,22-29,32-33,35-36H2,1-5H3/p+1/b21-13-,39-34+/t37-,38+,41+,42-/m0/s1. The van der Waals surface area contributed by atoms with Crippen molar-refractivity contribution in [1.29, 1.82) is 0 Å². The molecule has 1 fully saturated rings. The number of likely N-dealkylation sites (N-methyl/N-ethyl adjacent to an activating group) is 1. The second kappa shape index (κ2) is 29.1. The van der Waals surface area contributed by atoms with E-state index in [0.29, 0.717) is 30.3 Å². The van der Waals surface area contributed by atoms with E-state index in [9.17, 15) is 23.8 Å². The molecule has 1 saturated heterocycles. The van der Waals surface area contributed by atoms with Crippen LogP contribution in [0, 0.1) is 5.92 Å². The number of ether oxygens (including phenoxy) is 3. The van der Waals surface area contributed by atoms with E-state index in [0.717, 1.165) is 37.7 Å². The molecule has 2 rings (SSSR count). The van der Waals surface area contributed by atoms with Crippen LogP contribution in [0.5, 0.6) is 0 Å². The van der Waals surface area contributed by atoms with Gasteiger partial charge in [-0.1, -0.05) is 122 Å². The largest absolute Gasteiger partial charge is 0.472 e. The van der Waals surface area contributed by atoms with Gasteiger partial charge in [0.25, 0.3) is 0 Å². The highest BCUT2D eigenvalue weighted by atomic mass is 31.2. The molecular weight excluding hydrogens is 733 g/mol. The number of nitrogens with zero attached hydrogens (tertiary/aromatic N) is 1. The van der Waals surface area contributed by atoms with E-state index in [2.05, 4.69) is 26.0 Å². The first-order valence-corrected chi connectivity index (χ1v) is 23.3. The molecule has 5 atom stereocenters. The van der Waals surface area contributed by atoms with Gasteiger partial charge in [-0.05, 0) is 50.7 Å². The number of ketones is 1. The fraction of sp³-hybridized carbons (Fsp3) is 0.795. The van der Waals surface area contributed by atoms with E-state index in [4.69, 9.17) is 23.3 Å². The minimum absolute atomic E-state index is 0.00143. The van der Waals surface area contributed by atoms with E-state index >= 15 is 0 Å². The van der Waals surface area contributed by atoms with Crippen molar-refractivity contribution < 1.29 is 51.6 Å². The summed E-state index contributed by atoms with van der Waals surface area (Å²) >= 11 is 0. The Bertz CT molecular complexity index is 1260. The van der Waals surface area contributed by atoms with E-state index in [1.807, 2.05) is 33.3 Å². The number of phosphoric ester groups is 1. The van der Waals surface area contributed by atoms with Crippen LogP contribution in [0.25, 0.3) is 0 Å². The molecule has 0 spiro atoms. The van der Waals surface area contributed by atoms with Crippen LogP contribution in [0.2, 0.25) is 0 Å². The molecule has 12 heteroatoms. The lowest BCUT2D eigenvalue weighted by Gasteiger charge is -2.24. The summed E-state index contributed by atoms with van der Waals surface area (Å²) in [5.41, 5.74) is 0.785. The molecule has 0 aromatic carbocycles. The summed E-state index contributed by atoms with van der Waals surface area (Å²) in [7, 11) is 1.36. The molecule has 322 valence electrons. The average Bonchev–Trinajstić information content (AvgIpc) is 3.80. The van der Waals surface area contributed by atoms with Gasteiger partial charge in [0, 0.05) is 24.3 Å². The maximum atomic E-state index is 12.9. The van der Waals surface area contributed by atoms with Crippen molar-refractivity contribution in [3.05, 3.63) is 36.0 Å². The number of carbonyl (C=O) groups excluding carboxylic acids is 3. The van der Waals surface area contributed by atoms with Gasteiger partial charge in [-0.2, -0.15) is 0 Å². The van der Waals surface area contributed by atoms with E-state index in [1.54, 1.807) is 6.08 Å². The average molecular weight is 811 g/mol. The zero-order valence-corrected chi connectivity index (χ0v) is 36.5. The van der Waals surface area contributed by atoms with Gasteiger partial charge in [0.15, 0.2) is 11.9 Å². The van der Waals surface area contributed by atoms with Crippen molar-refractivity contribution in [3.8, 4) is 0 Å². The summed E-state index contributed by atoms with van der Waals surface area (Å²) < 4.78 is 40.1. The SMILES string of the molecule is CCCC/C=C\CC[C@H]1C=CC(=O)/C1=C/[C@@H]1O[C@@H]1CCCC(=O)O[C@H](COC(=O)CCCCCCCCCCCCCCC)COP(=O)(O)OCC[N+](C)(C)C. The van der Waals surface area contributed by atoms with E-state index in [1.165, 1.54) is 77.0 Å². The number of hydrogen-bond acceptors (Lipinski definition) is 9. The lowest BCUT2D eigenvalue weighted by molar-refractivity contribution is -0.870. The highest BCUT2D eigenvalue weighted by Crippen LogP contribution is 2.43. The molecular formula is C44H77NO10P+. The Kier molecular flexibility index (Phi) is 26.0. The zero-order chi connectivity index (χ0) is 41.1. The van der Waals surface area contributed by atoms with Crippen LogP contribution in [-0.2, 0) is 42.2 Å². The quantitative estimate of drug-likeness (QED) is 0.0125. The summed E-state index contributed by atoms with van der Waals surface area (Å²) in [5.74, 6) is -0.818. The predicted octanol–water partition coefficient (Wildman–Crippen LogP) is 9.91. The summed E-state index contributed by atoms with van der Waals surface area (Å²) in [4.78, 5) is 48.1. The number of carbonyl (C=O) groups is 3. The van der Waals surface area contributed by atoms with Crippen LogP contribution in [0.4, 0.5) is 0 Å². The van der Waals surface area contributed by atoms with Crippen LogP contribution < -0.4 is 0 Å². The van der Waals surface area contributed by atoms with Gasteiger partial charge in [-0.25, -0.2) is 4.57 Å². The maximum Gasteiger partial charge on any atom is 0.472 e. The van der Waals surface area contributed by atoms with Crippen molar-refractivity contribution >= 4 is 25.5 Å². The van der Waals surface area contributed by atoms with Gasteiger partial charge in [-0.3, -0.25) is 23.4 Å². The van der Waals surface area contributed by atoms with Crippen LogP contribution in [0.3, 0.4) is 0 Å². The first-order chi connectivity index (χ1) is 26.8. The summed E-state index contributed by atoms with van der Waals surface area (Å²) in [6, 6.07) is 0. The van der Waals surface area contributed by atoms with E-state index < -0.39 is 32.5 Å². The van der Waals surface area contributed by atoms with E-state index in [-0.39, 0.29) is 50.0 Å². The monoisotopic (exact) mass is 811 g/mol. The number of esters is 2. The van der Waals surface area contributed by atoms with Gasteiger partial charge < -0.3 is 23.6 Å². The summed E-state index contributed by atoms with van der Waals surface area (Å²) in [6.45, 7) is 4.15. The number of epoxide rings is 1. The number of hydrogen-bond donors (Lipinski definition) is 1. The second-order valence-electron chi connectivity index (χ2n) is 16.6. The van der Waals surface area contributed by atoms with Crippen molar-refractivity contribution in [2.24, 2.45) is 5.92 Å². The molecule has 1 heterocycles. The number of phosphoric acid groups is 1. The molecule has 0 saturated carbocycles. The smallest absolute Gasteiger partial charge is 0.462 e. The van der Waals surface area contributed by atoms with Gasteiger partial charge in [0.1, 0.15) is 25.9 Å². The third-order valence-corrected chi connectivity index (χ3v) is 11.2. The lowest BCUT2D eigenvalue weighted by atomic mass is 9.95. The predicted molar refractivity (Wildman–Crippen MR) is 222 cm³/mol. The first-order valence-electron chi connectivity index (χ1n) is 21.9. The van der Waals surface area contributed by atoms with Crippen molar-refractivity contribution in [3.63, 3.8) is 0 Å².